The standard InChI is InChI=1S/C19H28N4O3/c1-14(24)22-16(13-15-7-4-3-5-8-15)19(26)23-12-6-9-17(23)18(25)21-11-10-20-2/h3-5,7-8,16-17,20H,6,9-13H2,1-2H3,(H,21,25)(H,22,24). The van der Waals surface area contributed by atoms with Crippen LogP contribution in [0.3, 0.4) is 0 Å². The van der Waals surface area contributed by atoms with Crippen LogP contribution in [0, 0.1) is 0 Å². The lowest BCUT2D eigenvalue weighted by Crippen LogP contribution is -2.54. The zero-order valence-electron chi connectivity index (χ0n) is 15.5. The second-order valence-corrected chi connectivity index (χ2v) is 6.53. The van der Waals surface area contributed by atoms with Gasteiger partial charge in [-0.05, 0) is 25.5 Å². The topological polar surface area (TPSA) is 90.5 Å². The molecule has 0 spiro atoms. The predicted molar refractivity (Wildman–Crippen MR) is 99.4 cm³/mol. The minimum atomic E-state index is -0.666. The van der Waals surface area contributed by atoms with E-state index in [2.05, 4.69) is 16.0 Å². The third-order valence-electron chi connectivity index (χ3n) is 4.47. The molecule has 2 rings (SSSR count). The molecule has 0 bridgehead atoms. The number of amides is 3. The van der Waals surface area contributed by atoms with E-state index >= 15 is 0 Å². The van der Waals surface area contributed by atoms with Crippen LogP contribution in [0.5, 0.6) is 0 Å². The Bertz CT molecular complexity index is 620. The monoisotopic (exact) mass is 360 g/mol. The molecule has 1 aliphatic rings. The fourth-order valence-corrected chi connectivity index (χ4v) is 3.23. The van der Waals surface area contributed by atoms with Gasteiger partial charge in [0.1, 0.15) is 12.1 Å². The molecular formula is C19H28N4O3. The highest BCUT2D eigenvalue weighted by atomic mass is 16.2. The Morgan fingerprint density at radius 2 is 1.92 bits per heavy atom. The van der Waals surface area contributed by atoms with Crippen molar-refractivity contribution in [2.45, 2.75) is 38.3 Å². The highest BCUT2D eigenvalue weighted by Gasteiger charge is 2.37. The van der Waals surface area contributed by atoms with Gasteiger partial charge < -0.3 is 20.9 Å². The van der Waals surface area contributed by atoms with Crippen LogP contribution in [0.15, 0.2) is 30.3 Å². The minimum absolute atomic E-state index is 0.132. The molecule has 1 saturated heterocycles. The van der Waals surface area contributed by atoms with E-state index in [1.807, 2.05) is 37.4 Å². The maximum Gasteiger partial charge on any atom is 0.246 e. The number of nitrogens with one attached hydrogen (secondary N) is 3. The van der Waals surface area contributed by atoms with E-state index in [0.29, 0.717) is 32.5 Å². The van der Waals surface area contributed by atoms with Crippen LogP contribution in [-0.2, 0) is 20.8 Å². The van der Waals surface area contributed by atoms with Crippen molar-refractivity contribution in [1.82, 2.24) is 20.9 Å². The molecule has 2 unspecified atom stereocenters. The average Bonchev–Trinajstić information content (AvgIpc) is 3.11. The van der Waals surface area contributed by atoms with Gasteiger partial charge in [0, 0.05) is 33.0 Å². The first-order valence-electron chi connectivity index (χ1n) is 9.06. The highest BCUT2D eigenvalue weighted by Crippen LogP contribution is 2.19. The summed E-state index contributed by atoms with van der Waals surface area (Å²) in [4.78, 5) is 38.7. The molecule has 0 radical (unpaired) electrons. The first-order chi connectivity index (χ1) is 12.5. The highest BCUT2D eigenvalue weighted by molar-refractivity contribution is 5.92. The van der Waals surface area contributed by atoms with Crippen molar-refractivity contribution in [2.24, 2.45) is 0 Å². The Kier molecular flexibility index (Phi) is 7.59. The molecule has 0 aliphatic carbocycles. The van der Waals surface area contributed by atoms with Gasteiger partial charge in [-0.15, -0.1) is 0 Å². The first kappa shape index (κ1) is 19.9. The minimum Gasteiger partial charge on any atom is -0.353 e. The second kappa shape index (κ2) is 9.91. The van der Waals surface area contributed by atoms with E-state index in [9.17, 15) is 14.4 Å². The van der Waals surface area contributed by atoms with E-state index in [0.717, 1.165) is 12.0 Å². The van der Waals surface area contributed by atoms with Crippen molar-refractivity contribution in [3.63, 3.8) is 0 Å². The molecule has 1 aromatic rings. The molecule has 3 amide bonds. The van der Waals surface area contributed by atoms with E-state index in [1.54, 1.807) is 4.90 Å². The third kappa shape index (κ3) is 5.56. The Morgan fingerprint density at radius 1 is 1.19 bits per heavy atom. The molecule has 0 saturated carbocycles. The maximum absolute atomic E-state index is 13.0. The summed E-state index contributed by atoms with van der Waals surface area (Å²) < 4.78 is 0. The number of carbonyl (C=O) groups is 3. The summed E-state index contributed by atoms with van der Waals surface area (Å²) in [5, 5.41) is 8.57. The largest absolute Gasteiger partial charge is 0.353 e. The molecule has 7 nitrogen and oxygen atoms in total. The van der Waals surface area contributed by atoms with Gasteiger partial charge in [-0.1, -0.05) is 30.3 Å². The van der Waals surface area contributed by atoms with E-state index < -0.39 is 12.1 Å². The molecule has 1 fully saturated rings. The van der Waals surface area contributed by atoms with Crippen LogP contribution in [-0.4, -0.2) is 61.4 Å². The van der Waals surface area contributed by atoms with Crippen molar-refractivity contribution in [1.29, 1.82) is 0 Å². The van der Waals surface area contributed by atoms with Gasteiger partial charge in [0.05, 0.1) is 0 Å². The van der Waals surface area contributed by atoms with Crippen LogP contribution < -0.4 is 16.0 Å². The number of nitrogens with zero attached hydrogens (tertiary/aromatic N) is 1. The van der Waals surface area contributed by atoms with E-state index in [1.165, 1.54) is 6.92 Å². The van der Waals surface area contributed by atoms with Crippen LogP contribution in [0.25, 0.3) is 0 Å². The van der Waals surface area contributed by atoms with Gasteiger partial charge in [0.2, 0.25) is 17.7 Å². The summed E-state index contributed by atoms with van der Waals surface area (Å²) in [5.41, 5.74) is 0.966. The fraction of sp³-hybridized carbons (Fsp3) is 0.526. The number of rotatable bonds is 8. The summed E-state index contributed by atoms with van der Waals surface area (Å²) in [6.07, 6.45) is 1.84. The summed E-state index contributed by atoms with van der Waals surface area (Å²) in [6.45, 7) is 3.13. The van der Waals surface area contributed by atoms with Gasteiger partial charge in [-0.2, -0.15) is 0 Å². The van der Waals surface area contributed by atoms with Crippen molar-refractivity contribution in [3.8, 4) is 0 Å². The third-order valence-corrected chi connectivity index (χ3v) is 4.47. The van der Waals surface area contributed by atoms with Gasteiger partial charge in [0.25, 0.3) is 0 Å². The normalized spacial score (nSPS) is 17.6. The second-order valence-electron chi connectivity index (χ2n) is 6.53. The summed E-state index contributed by atoms with van der Waals surface area (Å²) in [6, 6.07) is 8.43. The molecule has 26 heavy (non-hydrogen) atoms. The van der Waals surface area contributed by atoms with Crippen molar-refractivity contribution >= 4 is 17.7 Å². The molecule has 1 heterocycles. The quantitative estimate of drug-likeness (QED) is 0.572. The van der Waals surface area contributed by atoms with Gasteiger partial charge in [-0.25, -0.2) is 0 Å². The van der Waals surface area contributed by atoms with Crippen LogP contribution in [0.4, 0.5) is 0 Å². The van der Waals surface area contributed by atoms with Crippen LogP contribution >= 0.6 is 0 Å². The number of hydrogen-bond acceptors (Lipinski definition) is 4. The maximum atomic E-state index is 13.0. The molecular weight excluding hydrogens is 332 g/mol. The van der Waals surface area contributed by atoms with Crippen molar-refractivity contribution < 1.29 is 14.4 Å². The molecule has 2 atom stereocenters. The van der Waals surface area contributed by atoms with Gasteiger partial charge in [-0.3, -0.25) is 14.4 Å². The number of hydrogen-bond donors (Lipinski definition) is 3. The number of likely N-dealkylation sites (tertiary alicyclic amines) is 1. The fourth-order valence-electron chi connectivity index (χ4n) is 3.23. The van der Waals surface area contributed by atoms with Crippen LogP contribution in [0.1, 0.15) is 25.3 Å². The zero-order chi connectivity index (χ0) is 18.9. The lowest BCUT2D eigenvalue weighted by molar-refractivity contribution is -0.141. The molecule has 1 aliphatic heterocycles. The average molecular weight is 360 g/mol. The van der Waals surface area contributed by atoms with Crippen molar-refractivity contribution in [2.75, 3.05) is 26.7 Å². The predicted octanol–water partition coefficient (Wildman–Crippen LogP) is 0.0604. The molecule has 7 heteroatoms. The number of benzene rings is 1. The Morgan fingerprint density at radius 3 is 2.58 bits per heavy atom. The summed E-state index contributed by atoms with van der Waals surface area (Å²) in [7, 11) is 1.82. The number of likely N-dealkylation sites (N-methyl/N-ethyl adjacent to an activating group) is 1. The molecule has 3 N–H and O–H groups in total. The Hall–Kier alpha value is -2.41. The Labute approximate surface area is 154 Å². The molecule has 1 aromatic carbocycles. The smallest absolute Gasteiger partial charge is 0.246 e. The zero-order valence-corrected chi connectivity index (χ0v) is 15.5. The summed E-state index contributed by atoms with van der Waals surface area (Å²) >= 11 is 0. The van der Waals surface area contributed by atoms with Gasteiger partial charge in [0.15, 0.2) is 0 Å². The van der Waals surface area contributed by atoms with E-state index in [4.69, 9.17) is 0 Å². The van der Waals surface area contributed by atoms with Gasteiger partial charge >= 0.3 is 0 Å². The lowest BCUT2D eigenvalue weighted by Gasteiger charge is -2.28. The van der Waals surface area contributed by atoms with Crippen molar-refractivity contribution in [3.05, 3.63) is 35.9 Å². The van der Waals surface area contributed by atoms with E-state index in [-0.39, 0.29) is 17.7 Å². The lowest BCUT2D eigenvalue weighted by atomic mass is 10.0. The number of carbonyl (C=O) groups excluding carboxylic acids is 3. The SMILES string of the molecule is CNCCNC(=O)C1CCCN1C(=O)C(Cc1ccccc1)NC(C)=O. The van der Waals surface area contributed by atoms with Crippen LogP contribution in [0.2, 0.25) is 0 Å². The first-order valence-corrected chi connectivity index (χ1v) is 9.06. The molecule has 142 valence electrons. The Balaban J connectivity index is 2.07. The summed E-state index contributed by atoms with van der Waals surface area (Å²) in [5.74, 6) is -0.587. The molecule has 0 aromatic heterocycles.